The van der Waals surface area contributed by atoms with E-state index in [9.17, 15) is 15.0 Å². The maximum absolute atomic E-state index is 12.5. The molecule has 0 unspecified atom stereocenters. The van der Waals surface area contributed by atoms with Crippen LogP contribution in [-0.2, 0) is 6.61 Å². The van der Waals surface area contributed by atoms with Gasteiger partial charge in [0.1, 0.15) is 28.9 Å². The molecule has 0 bridgehead atoms. The third-order valence-electron chi connectivity index (χ3n) is 4.15. The second-order valence-corrected chi connectivity index (χ2v) is 5.49. The Morgan fingerprint density at radius 3 is 2.61 bits per heavy atom. The molecule has 2 aromatic rings. The average Bonchev–Trinajstić information content (AvgIpc) is 2.57. The first-order valence-corrected chi connectivity index (χ1v) is 7.36. The zero-order valence-electron chi connectivity index (χ0n) is 13.0. The van der Waals surface area contributed by atoms with E-state index in [4.69, 9.17) is 9.47 Å². The molecule has 1 aliphatic rings. The van der Waals surface area contributed by atoms with Crippen LogP contribution in [0.2, 0.25) is 0 Å². The van der Waals surface area contributed by atoms with Gasteiger partial charge < -0.3 is 19.7 Å². The minimum absolute atomic E-state index is 0.125. The molecule has 1 aliphatic heterocycles. The number of benzene rings is 2. The van der Waals surface area contributed by atoms with Crippen molar-refractivity contribution < 1.29 is 24.5 Å². The van der Waals surface area contributed by atoms with Crippen LogP contribution in [0.25, 0.3) is 0 Å². The predicted octanol–water partition coefficient (Wildman–Crippen LogP) is 2.91. The molecule has 3 rings (SSSR count). The number of methoxy groups -OCH3 is 1. The van der Waals surface area contributed by atoms with Crippen LogP contribution in [0.5, 0.6) is 17.2 Å². The molecule has 0 aliphatic carbocycles. The topological polar surface area (TPSA) is 76.0 Å². The molecule has 0 radical (unpaired) electrons. The van der Waals surface area contributed by atoms with Crippen molar-refractivity contribution in [3.63, 3.8) is 0 Å². The van der Waals surface area contributed by atoms with Crippen LogP contribution in [0, 0.1) is 6.92 Å². The molecule has 5 heteroatoms. The summed E-state index contributed by atoms with van der Waals surface area (Å²) >= 11 is 0. The molecule has 2 aromatic carbocycles. The molecular weight excluding hydrogens is 296 g/mol. The van der Waals surface area contributed by atoms with E-state index < -0.39 is 12.7 Å². The lowest BCUT2D eigenvalue weighted by Crippen LogP contribution is -2.22. The summed E-state index contributed by atoms with van der Waals surface area (Å²) in [6.45, 7) is 1.33. The number of ether oxygens (including phenoxy) is 2. The number of rotatable bonds is 3. The molecule has 5 nitrogen and oxygen atoms in total. The molecular formula is C18H18O5. The fourth-order valence-corrected chi connectivity index (χ4v) is 3.02. The average molecular weight is 314 g/mol. The third kappa shape index (κ3) is 2.43. The number of hydrogen-bond donors (Lipinski definition) is 2. The van der Waals surface area contributed by atoms with E-state index in [1.54, 1.807) is 6.92 Å². The minimum atomic E-state index is -0.418. The normalized spacial score (nSPS) is 16.7. The summed E-state index contributed by atoms with van der Waals surface area (Å²) in [5.41, 5.74) is 1.83. The highest BCUT2D eigenvalue weighted by molar-refractivity contribution is 6.03. The summed E-state index contributed by atoms with van der Waals surface area (Å²) in [5.74, 6) is 0.187. The van der Waals surface area contributed by atoms with Crippen molar-refractivity contribution in [2.75, 3.05) is 7.11 Å². The summed E-state index contributed by atoms with van der Waals surface area (Å²) in [6, 6.07) is 9.47. The third-order valence-corrected chi connectivity index (χ3v) is 4.15. The quantitative estimate of drug-likeness (QED) is 0.911. The number of Topliss-reactive ketones (excluding diaryl/α,β-unsaturated/α-hetero) is 1. The Balaban J connectivity index is 2.15. The fraction of sp³-hybridized carbons (Fsp3) is 0.278. The summed E-state index contributed by atoms with van der Waals surface area (Å²) < 4.78 is 11.3. The highest BCUT2D eigenvalue weighted by Gasteiger charge is 2.34. The molecule has 0 spiro atoms. The molecule has 1 atom stereocenters. The molecule has 0 saturated heterocycles. The molecule has 120 valence electrons. The molecule has 0 saturated carbocycles. The van der Waals surface area contributed by atoms with E-state index in [-0.39, 0.29) is 29.1 Å². The number of phenols is 1. The van der Waals surface area contributed by atoms with Crippen molar-refractivity contribution in [2.24, 2.45) is 0 Å². The maximum atomic E-state index is 12.5. The number of carbonyl (C=O) groups excluding carboxylic acids is 1. The van der Waals surface area contributed by atoms with Gasteiger partial charge in [0.25, 0.3) is 0 Å². The van der Waals surface area contributed by atoms with Crippen LogP contribution < -0.4 is 9.47 Å². The van der Waals surface area contributed by atoms with Crippen molar-refractivity contribution in [3.05, 3.63) is 52.6 Å². The number of aliphatic hydroxyl groups is 1. The van der Waals surface area contributed by atoms with Gasteiger partial charge >= 0.3 is 0 Å². The predicted molar refractivity (Wildman–Crippen MR) is 84.1 cm³/mol. The van der Waals surface area contributed by atoms with E-state index in [0.29, 0.717) is 17.1 Å². The van der Waals surface area contributed by atoms with Crippen LogP contribution in [0.1, 0.15) is 39.6 Å². The van der Waals surface area contributed by atoms with E-state index in [0.717, 1.165) is 5.56 Å². The number of fused-ring (bicyclic) bond motifs is 1. The van der Waals surface area contributed by atoms with Gasteiger partial charge in [0.2, 0.25) is 0 Å². The molecule has 23 heavy (non-hydrogen) atoms. The first kappa shape index (κ1) is 15.4. The van der Waals surface area contributed by atoms with E-state index in [1.807, 2.05) is 30.3 Å². The highest BCUT2D eigenvalue weighted by Crippen LogP contribution is 2.47. The first-order chi connectivity index (χ1) is 11.1. The zero-order valence-corrected chi connectivity index (χ0v) is 13.0. The summed E-state index contributed by atoms with van der Waals surface area (Å²) in [7, 11) is 1.45. The summed E-state index contributed by atoms with van der Waals surface area (Å²) in [4.78, 5) is 12.5. The zero-order chi connectivity index (χ0) is 16.6. The highest BCUT2D eigenvalue weighted by atomic mass is 16.5. The van der Waals surface area contributed by atoms with Crippen LogP contribution >= 0.6 is 0 Å². The lowest BCUT2D eigenvalue weighted by Gasteiger charge is -2.29. The molecule has 1 heterocycles. The van der Waals surface area contributed by atoms with Crippen molar-refractivity contribution >= 4 is 5.78 Å². The standard InChI is InChI=1S/C18H18O5/c1-10-17(22-2)12(9-19)16(21)15-13(20)8-14(23-18(10)15)11-6-4-3-5-7-11/h3-7,14,19,21H,8-9H2,1-2H3/t14-/m0/s1. The monoisotopic (exact) mass is 314 g/mol. The molecule has 0 amide bonds. The van der Waals surface area contributed by atoms with E-state index in [1.165, 1.54) is 7.11 Å². The second-order valence-electron chi connectivity index (χ2n) is 5.49. The van der Waals surface area contributed by atoms with Gasteiger partial charge in [0, 0.05) is 5.56 Å². The van der Waals surface area contributed by atoms with Crippen molar-refractivity contribution in [2.45, 2.75) is 26.1 Å². The number of hydrogen-bond acceptors (Lipinski definition) is 5. The molecule has 0 aromatic heterocycles. The Labute approximate surface area is 134 Å². The van der Waals surface area contributed by atoms with Crippen LogP contribution in [-0.4, -0.2) is 23.1 Å². The van der Waals surface area contributed by atoms with Gasteiger partial charge in [-0.3, -0.25) is 4.79 Å². The Bertz CT molecular complexity index is 752. The number of carbonyl (C=O) groups is 1. The Hall–Kier alpha value is -2.53. The lowest BCUT2D eigenvalue weighted by molar-refractivity contribution is 0.0841. The smallest absolute Gasteiger partial charge is 0.174 e. The molecule has 2 N–H and O–H groups in total. The van der Waals surface area contributed by atoms with Gasteiger partial charge in [-0.1, -0.05) is 30.3 Å². The van der Waals surface area contributed by atoms with Gasteiger partial charge in [-0.2, -0.15) is 0 Å². The van der Waals surface area contributed by atoms with Crippen molar-refractivity contribution in [1.82, 2.24) is 0 Å². The summed E-state index contributed by atoms with van der Waals surface area (Å²) in [5, 5.41) is 19.8. The number of aromatic hydroxyl groups is 1. The van der Waals surface area contributed by atoms with Gasteiger partial charge in [0.05, 0.1) is 25.7 Å². The van der Waals surface area contributed by atoms with Crippen LogP contribution in [0.15, 0.2) is 30.3 Å². The SMILES string of the molecule is COc1c(C)c2c(c(O)c1CO)C(=O)C[C@@H](c1ccccc1)O2. The Morgan fingerprint density at radius 2 is 2.00 bits per heavy atom. The molecule has 0 fully saturated rings. The van der Waals surface area contributed by atoms with Gasteiger partial charge in [-0.05, 0) is 12.5 Å². The van der Waals surface area contributed by atoms with E-state index in [2.05, 4.69) is 0 Å². The van der Waals surface area contributed by atoms with Gasteiger partial charge in [0.15, 0.2) is 5.78 Å². The summed E-state index contributed by atoms with van der Waals surface area (Å²) in [6.07, 6.45) is -0.264. The van der Waals surface area contributed by atoms with Crippen LogP contribution in [0.4, 0.5) is 0 Å². The maximum Gasteiger partial charge on any atom is 0.174 e. The van der Waals surface area contributed by atoms with Gasteiger partial charge in [-0.15, -0.1) is 0 Å². The second kappa shape index (κ2) is 5.93. The van der Waals surface area contributed by atoms with E-state index >= 15 is 0 Å². The Kier molecular flexibility index (Phi) is 3.96. The lowest BCUT2D eigenvalue weighted by atomic mass is 9.91. The minimum Gasteiger partial charge on any atom is -0.507 e. The number of ketones is 1. The van der Waals surface area contributed by atoms with Crippen molar-refractivity contribution in [1.29, 1.82) is 0 Å². The Morgan fingerprint density at radius 1 is 1.30 bits per heavy atom. The largest absolute Gasteiger partial charge is 0.507 e. The van der Waals surface area contributed by atoms with Gasteiger partial charge in [-0.25, -0.2) is 0 Å². The van der Waals surface area contributed by atoms with Crippen molar-refractivity contribution in [3.8, 4) is 17.2 Å². The fourth-order valence-electron chi connectivity index (χ4n) is 3.02. The van der Waals surface area contributed by atoms with Crippen LogP contribution in [0.3, 0.4) is 0 Å². The first-order valence-electron chi connectivity index (χ1n) is 7.36. The number of aliphatic hydroxyl groups excluding tert-OH is 1.